The van der Waals surface area contributed by atoms with Crippen LogP contribution in [-0.2, 0) is 17.8 Å². The van der Waals surface area contributed by atoms with Gasteiger partial charge in [-0.05, 0) is 57.0 Å². The summed E-state index contributed by atoms with van der Waals surface area (Å²) in [4.78, 5) is 30.1. The number of para-hydroxylation sites is 1. The van der Waals surface area contributed by atoms with E-state index in [0.717, 1.165) is 5.56 Å². The van der Waals surface area contributed by atoms with Crippen LogP contribution in [0.5, 0.6) is 0 Å². The lowest BCUT2D eigenvalue weighted by molar-refractivity contribution is -0.119. The standard InChI is InChI=1S/C22H23Cl2N3O2S/c1-22(2,3)26-19(28)13-30-21-25-18-7-5-4-6-16(18)20(29)27(21)11-10-14-8-9-15(23)12-17(14)24/h4-9,12H,10-11,13H2,1-3H3,(H,26,28). The summed E-state index contributed by atoms with van der Waals surface area (Å²) in [6, 6.07) is 12.5. The highest BCUT2D eigenvalue weighted by atomic mass is 35.5. The van der Waals surface area contributed by atoms with Crippen molar-refractivity contribution in [3.05, 3.63) is 68.4 Å². The van der Waals surface area contributed by atoms with Gasteiger partial charge in [0.2, 0.25) is 5.91 Å². The van der Waals surface area contributed by atoms with E-state index in [2.05, 4.69) is 10.3 Å². The fourth-order valence-corrected chi connectivity index (χ4v) is 4.32. The van der Waals surface area contributed by atoms with Gasteiger partial charge >= 0.3 is 0 Å². The van der Waals surface area contributed by atoms with E-state index in [9.17, 15) is 9.59 Å². The topological polar surface area (TPSA) is 64.0 Å². The number of hydrogen-bond donors (Lipinski definition) is 1. The Morgan fingerprint density at radius 2 is 1.90 bits per heavy atom. The summed E-state index contributed by atoms with van der Waals surface area (Å²) < 4.78 is 1.61. The van der Waals surface area contributed by atoms with Crippen LogP contribution < -0.4 is 10.9 Å². The van der Waals surface area contributed by atoms with Crippen molar-refractivity contribution in [2.24, 2.45) is 0 Å². The predicted molar refractivity (Wildman–Crippen MR) is 125 cm³/mol. The second kappa shape index (κ2) is 9.41. The lowest BCUT2D eigenvalue weighted by atomic mass is 10.1. The largest absolute Gasteiger partial charge is 0.351 e. The number of nitrogens with zero attached hydrogens (tertiary/aromatic N) is 2. The Morgan fingerprint density at radius 1 is 1.17 bits per heavy atom. The maximum Gasteiger partial charge on any atom is 0.262 e. The summed E-state index contributed by atoms with van der Waals surface area (Å²) >= 11 is 13.5. The van der Waals surface area contributed by atoms with Crippen molar-refractivity contribution in [2.45, 2.75) is 44.4 Å². The first-order valence-corrected chi connectivity index (χ1v) is 11.3. The Kier molecular flexibility index (Phi) is 7.11. The van der Waals surface area contributed by atoms with Gasteiger partial charge in [0.25, 0.3) is 5.56 Å². The zero-order valence-electron chi connectivity index (χ0n) is 17.0. The second-order valence-electron chi connectivity index (χ2n) is 7.94. The zero-order chi connectivity index (χ0) is 21.9. The first kappa shape index (κ1) is 22.7. The third kappa shape index (κ3) is 5.78. The molecule has 1 N–H and O–H groups in total. The molecule has 0 aliphatic rings. The number of rotatable bonds is 6. The quantitative estimate of drug-likeness (QED) is 0.414. The van der Waals surface area contributed by atoms with Gasteiger partial charge in [-0.15, -0.1) is 0 Å². The molecule has 1 amide bonds. The third-order valence-electron chi connectivity index (χ3n) is 4.29. The lowest BCUT2D eigenvalue weighted by Crippen LogP contribution is -2.41. The second-order valence-corrected chi connectivity index (χ2v) is 9.73. The molecule has 0 spiro atoms. The molecule has 0 unspecified atom stereocenters. The Hall–Kier alpha value is -2.02. The van der Waals surface area contributed by atoms with Gasteiger partial charge in [-0.3, -0.25) is 14.2 Å². The van der Waals surface area contributed by atoms with Crippen molar-refractivity contribution in [1.82, 2.24) is 14.9 Å². The SMILES string of the molecule is CC(C)(C)NC(=O)CSc1nc2ccccc2c(=O)n1CCc1ccc(Cl)cc1Cl. The number of hydrogen-bond acceptors (Lipinski definition) is 4. The normalized spacial score (nSPS) is 11.6. The van der Waals surface area contributed by atoms with E-state index in [1.165, 1.54) is 11.8 Å². The van der Waals surface area contributed by atoms with Crippen molar-refractivity contribution in [3.63, 3.8) is 0 Å². The molecular formula is C22H23Cl2N3O2S. The number of carbonyl (C=O) groups is 1. The molecular weight excluding hydrogens is 441 g/mol. The first-order chi connectivity index (χ1) is 14.1. The van der Waals surface area contributed by atoms with E-state index in [4.69, 9.17) is 23.2 Å². The van der Waals surface area contributed by atoms with Gasteiger partial charge in [0.05, 0.1) is 16.7 Å². The molecule has 158 valence electrons. The molecule has 0 bridgehead atoms. The molecule has 3 aromatic rings. The maximum absolute atomic E-state index is 13.1. The molecule has 0 aliphatic heterocycles. The summed E-state index contributed by atoms with van der Waals surface area (Å²) in [5, 5.41) is 5.10. The molecule has 0 fully saturated rings. The van der Waals surface area contributed by atoms with Crippen molar-refractivity contribution < 1.29 is 4.79 Å². The first-order valence-electron chi connectivity index (χ1n) is 9.51. The molecule has 0 atom stereocenters. The lowest BCUT2D eigenvalue weighted by Gasteiger charge is -2.20. The van der Waals surface area contributed by atoms with Gasteiger partial charge < -0.3 is 5.32 Å². The van der Waals surface area contributed by atoms with Crippen LogP contribution in [-0.4, -0.2) is 26.8 Å². The van der Waals surface area contributed by atoms with Crippen LogP contribution in [0.4, 0.5) is 0 Å². The highest BCUT2D eigenvalue weighted by Gasteiger charge is 2.17. The highest BCUT2D eigenvalue weighted by molar-refractivity contribution is 7.99. The van der Waals surface area contributed by atoms with Crippen LogP contribution in [0.15, 0.2) is 52.4 Å². The number of aromatic nitrogens is 2. The fourth-order valence-electron chi connectivity index (χ4n) is 3.00. The summed E-state index contributed by atoms with van der Waals surface area (Å²) in [5.41, 5.74) is 1.05. The van der Waals surface area contributed by atoms with Gasteiger partial charge in [-0.2, -0.15) is 0 Å². The minimum absolute atomic E-state index is 0.109. The number of carbonyl (C=O) groups excluding carboxylic acids is 1. The Morgan fingerprint density at radius 3 is 2.60 bits per heavy atom. The number of halogens is 2. The van der Waals surface area contributed by atoms with Crippen molar-refractivity contribution >= 4 is 51.8 Å². The minimum Gasteiger partial charge on any atom is -0.351 e. The maximum atomic E-state index is 13.1. The summed E-state index contributed by atoms with van der Waals surface area (Å²) in [6.07, 6.45) is 0.539. The molecule has 30 heavy (non-hydrogen) atoms. The number of aryl methyl sites for hydroxylation is 1. The predicted octanol–water partition coefficient (Wildman–Crippen LogP) is 4.95. The van der Waals surface area contributed by atoms with Crippen LogP contribution in [0, 0.1) is 0 Å². The number of thioether (sulfide) groups is 1. The van der Waals surface area contributed by atoms with Gasteiger partial charge in [-0.1, -0.05) is 53.2 Å². The number of fused-ring (bicyclic) bond motifs is 1. The van der Waals surface area contributed by atoms with E-state index < -0.39 is 0 Å². The zero-order valence-corrected chi connectivity index (χ0v) is 19.4. The van der Waals surface area contributed by atoms with E-state index in [1.807, 2.05) is 39.0 Å². The average molecular weight is 464 g/mol. The number of amides is 1. The van der Waals surface area contributed by atoms with Crippen molar-refractivity contribution in [3.8, 4) is 0 Å². The minimum atomic E-state index is -0.320. The summed E-state index contributed by atoms with van der Waals surface area (Å²) in [6.45, 7) is 6.17. The Labute approximate surface area is 189 Å². The molecule has 0 radical (unpaired) electrons. The molecule has 0 aliphatic carbocycles. The Balaban J connectivity index is 1.90. The molecule has 3 rings (SSSR count). The van der Waals surface area contributed by atoms with E-state index in [-0.39, 0.29) is 22.8 Å². The number of nitrogens with one attached hydrogen (secondary N) is 1. The van der Waals surface area contributed by atoms with Crippen LogP contribution in [0.1, 0.15) is 26.3 Å². The van der Waals surface area contributed by atoms with Gasteiger partial charge in [0, 0.05) is 22.1 Å². The van der Waals surface area contributed by atoms with Gasteiger partial charge in [-0.25, -0.2) is 4.98 Å². The van der Waals surface area contributed by atoms with Gasteiger partial charge in [0.1, 0.15) is 0 Å². The fraction of sp³-hybridized carbons (Fsp3) is 0.318. The monoisotopic (exact) mass is 463 g/mol. The molecule has 5 nitrogen and oxygen atoms in total. The highest BCUT2D eigenvalue weighted by Crippen LogP contribution is 2.23. The molecule has 0 saturated carbocycles. The van der Waals surface area contributed by atoms with Crippen LogP contribution in [0.2, 0.25) is 10.0 Å². The summed E-state index contributed by atoms with van der Waals surface area (Å²) in [7, 11) is 0. The third-order valence-corrected chi connectivity index (χ3v) is 5.86. The molecule has 2 aromatic carbocycles. The van der Waals surface area contributed by atoms with E-state index >= 15 is 0 Å². The summed E-state index contributed by atoms with van der Waals surface area (Å²) in [5.74, 6) is 0.0613. The molecule has 0 saturated heterocycles. The van der Waals surface area contributed by atoms with Crippen molar-refractivity contribution in [1.29, 1.82) is 0 Å². The molecule has 1 heterocycles. The van der Waals surface area contributed by atoms with Crippen LogP contribution in [0.3, 0.4) is 0 Å². The van der Waals surface area contributed by atoms with Crippen LogP contribution in [0.25, 0.3) is 10.9 Å². The van der Waals surface area contributed by atoms with Crippen LogP contribution >= 0.6 is 35.0 Å². The smallest absolute Gasteiger partial charge is 0.262 e. The van der Waals surface area contributed by atoms with Crippen molar-refractivity contribution in [2.75, 3.05) is 5.75 Å². The van der Waals surface area contributed by atoms with E-state index in [0.29, 0.717) is 39.1 Å². The number of benzene rings is 2. The van der Waals surface area contributed by atoms with E-state index in [1.54, 1.807) is 28.8 Å². The Bertz CT molecular complexity index is 1140. The average Bonchev–Trinajstić information content (AvgIpc) is 2.66. The molecule has 8 heteroatoms. The van der Waals surface area contributed by atoms with Gasteiger partial charge in [0.15, 0.2) is 5.16 Å². The molecule has 1 aromatic heterocycles.